The van der Waals surface area contributed by atoms with Crippen molar-refractivity contribution in [2.75, 3.05) is 13.1 Å². The van der Waals surface area contributed by atoms with Crippen molar-refractivity contribution in [3.8, 4) is 0 Å². The lowest BCUT2D eigenvalue weighted by Crippen LogP contribution is -2.08. The Kier molecular flexibility index (Phi) is 2.93. The summed E-state index contributed by atoms with van der Waals surface area (Å²) in [5.41, 5.74) is 3.59. The minimum atomic E-state index is 0.579. The zero-order valence-corrected chi connectivity index (χ0v) is 12.0. The van der Waals surface area contributed by atoms with E-state index in [4.69, 9.17) is 11.6 Å². The lowest BCUT2D eigenvalue weighted by molar-refractivity contribution is 0.739. The molecule has 4 heteroatoms. The number of nitrogens with one attached hydrogen (secondary N) is 2. The molecule has 1 atom stereocenters. The van der Waals surface area contributed by atoms with Crippen molar-refractivity contribution >= 4 is 38.4 Å². The fourth-order valence-electron chi connectivity index (χ4n) is 2.55. The Morgan fingerprint density at radius 2 is 2.24 bits per heavy atom. The maximum Gasteiger partial charge on any atom is 0.0512 e. The van der Waals surface area contributed by atoms with E-state index in [2.05, 4.69) is 39.2 Å². The van der Waals surface area contributed by atoms with Crippen LogP contribution in [0.3, 0.4) is 0 Å². The molecule has 1 aromatic carbocycles. The van der Waals surface area contributed by atoms with Gasteiger partial charge in [-0.25, -0.2) is 0 Å². The Morgan fingerprint density at radius 3 is 2.94 bits per heavy atom. The highest BCUT2D eigenvalue weighted by atomic mass is 79.9. The van der Waals surface area contributed by atoms with Crippen LogP contribution in [0.4, 0.5) is 0 Å². The number of aromatic nitrogens is 1. The van der Waals surface area contributed by atoms with Gasteiger partial charge in [-0.15, -0.1) is 0 Å². The van der Waals surface area contributed by atoms with Crippen LogP contribution in [0, 0.1) is 6.92 Å². The maximum absolute atomic E-state index is 6.16. The smallest absolute Gasteiger partial charge is 0.0512 e. The molecule has 2 N–H and O–H groups in total. The van der Waals surface area contributed by atoms with Crippen molar-refractivity contribution in [2.45, 2.75) is 19.3 Å². The van der Waals surface area contributed by atoms with E-state index in [9.17, 15) is 0 Å². The Bertz CT molecular complexity index is 570. The molecule has 90 valence electrons. The van der Waals surface area contributed by atoms with E-state index in [0.29, 0.717) is 5.92 Å². The second-order valence-corrected chi connectivity index (χ2v) is 5.84. The van der Waals surface area contributed by atoms with Crippen molar-refractivity contribution < 1.29 is 0 Å². The third-order valence-corrected chi connectivity index (χ3v) is 4.86. The summed E-state index contributed by atoms with van der Waals surface area (Å²) in [5, 5.41) is 5.45. The Balaban J connectivity index is 2.20. The van der Waals surface area contributed by atoms with Gasteiger partial charge in [-0.2, -0.15) is 0 Å². The van der Waals surface area contributed by atoms with Crippen LogP contribution in [0.25, 0.3) is 10.9 Å². The van der Waals surface area contributed by atoms with Gasteiger partial charge in [-0.1, -0.05) is 17.7 Å². The van der Waals surface area contributed by atoms with Crippen molar-refractivity contribution in [2.24, 2.45) is 0 Å². The van der Waals surface area contributed by atoms with E-state index in [-0.39, 0.29) is 0 Å². The summed E-state index contributed by atoms with van der Waals surface area (Å²) >= 11 is 9.88. The van der Waals surface area contributed by atoms with Crippen LogP contribution in [0.15, 0.2) is 16.6 Å². The number of aromatic amines is 1. The van der Waals surface area contributed by atoms with Crippen LogP contribution in [-0.2, 0) is 0 Å². The van der Waals surface area contributed by atoms with Gasteiger partial charge >= 0.3 is 0 Å². The third kappa shape index (κ3) is 1.81. The van der Waals surface area contributed by atoms with E-state index in [1.54, 1.807) is 0 Å². The number of hydrogen-bond donors (Lipinski definition) is 2. The van der Waals surface area contributed by atoms with E-state index >= 15 is 0 Å². The van der Waals surface area contributed by atoms with Crippen LogP contribution < -0.4 is 5.32 Å². The van der Waals surface area contributed by atoms with Gasteiger partial charge in [-0.3, -0.25) is 0 Å². The van der Waals surface area contributed by atoms with Gasteiger partial charge in [0.15, 0.2) is 0 Å². The molecule has 17 heavy (non-hydrogen) atoms. The third-order valence-electron chi connectivity index (χ3n) is 3.60. The summed E-state index contributed by atoms with van der Waals surface area (Å²) in [6.07, 6.45) is 1.19. The van der Waals surface area contributed by atoms with Gasteiger partial charge in [0.1, 0.15) is 0 Å². The highest BCUT2D eigenvalue weighted by molar-refractivity contribution is 9.10. The largest absolute Gasteiger partial charge is 0.357 e. The summed E-state index contributed by atoms with van der Waals surface area (Å²) in [7, 11) is 0. The average Bonchev–Trinajstić information content (AvgIpc) is 2.92. The maximum atomic E-state index is 6.16. The first-order valence-corrected chi connectivity index (χ1v) is 7.02. The molecule has 2 nitrogen and oxygen atoms in total. The number of hydrogen-bond acceptors (Lipinski definition) is 1. The van der Waals surface area contributed by atoms with E-state index in [0.717, 1.165) is 29.2 Å². The highest BCUT2D eigenvalue weighted by Crippen LogP contribution is 2.37. The van der Waals surface area contributed by atoms with Gasteiger partial charge in [0.05, 0.1) is 5.52 Å². The first kappa shape index (κ1) is 11.6. The molecule has 1 saturated heterocycles. The number of benzene rings is 1. The standard InChI is InChI=1S/C13H14BrClN2/c1-7-10(15)3-2-9-11(14)13(17-12(7)9)8-4-5-16-6-8/h2-3,8,16-17H,4-6H2,1H3. The molecule has 1 aliphatic heterocycles. The van der Waals surface area contributed by atoms with Gasteiger partial charge in [0, 0.05) is 33.0 Å². The minimum absolute atomic E-state index is 0.579. The summed E-state index contributed by atoms with van der Waals surface area (Å²) in [6, 6.07) is 4.05. The first-order chi connectivity index (χ1) is 8.18. The van der Waals surface area contributed by atoms with Crippen LogP contribution in [0.1, 0.15) is 23.6 Å². The first-order valence-electron chi connectivity index (χ1n) is 5.85. The summed E-state index contributed by atoms with van der Waals surface area (Å²) in [4.78, 5) is 3.54. The highest BCUT2D eigenvalue weighted by Gasteiger charge is 2.22. The van der Waals surface area contributed by atoms with Gasteiger partial charge in [0.25, 0.3) is 0 Å². The summed E-state index contributed by atoms with van der Waals surface area (Å²) < 4.78 is 1.20. The monoisotopic (exact) mass is 312 g/mol. The summed E-state index contributed by atoms with van der Waals surface area (Å²) in [5.74, 6) is 0.579. The van der Waals surface area contributed by atoms with Crippen LogP contribution in [-0.4, -0.2) is 18.1 Å². The fourth-order valence-corrected chi connectivity index (χ4v) is 3.46. The predicted octanol–water partition coefficient (Wildman–Crippen LogP) is 3.97. The number of fused-ring (bicyclic) bond motifs is 1. The Hall–Kier alpha value is -0.510. The average molecular weight is 314 g/mol. The molecular weight excluding hydrogens is 300 g/mol. The molecule has 1 aromatic heterocycles. The van der Waals surface area contributed by atoms with Gasteiger partial charge in [-0.05, 0) is 47.4 Å². The number of rotatable bonds is 1. The molecule has 2 heterocycles. The predicted molar refractivity (Wildman–Crippen MR) is 76.0 cm³/mol. The molecule has 2 aromatic rings. The molecule has 1 fully saturated rings. The number of aryl methyl sites for hydroxylation is 1. The second-order valence-electron chi connectivity index (χ2n) is 4.64. The van der Waals surface area contributed by atoms with E-state index in [1.165, 1.54) is 22.0 Å². The van der Waals surface area contributed by atoms with Crippen molar-refractivity contribution in [1.29, 1.82) is 0 Å². The normalized spacial score (nSPS) is 20.3. The molecule has 0 saturated carbocycles. The minimum Gasteiger partial charge on any atom is -0.357 e. The molecule has 0 radical (unpaired) electrons. The molecular formula is C13H14BrClN2. The molecule has 1 unspecified atom stereocenters. The number of halogens is 2. The molecule has 0 amide bonds. The van der Waals surface area contributed by atoms with Gasteiger partial charge in [0.2, 0.25) is 0 Å². The molecule has 0 spiro atoms. The Labute approximate surface area is 114 Å². The van der Waals surface area contributed by atoms with Crippen LogP contribution in [0.2, 0.25) is 5.02 Å². The Morgan fingerprint density at radius 1 is 1.41 bits per heavy atom. The summed E-state index contributed by atoms with van der Waals surface area (Å²) in [6.45, 7) is 4.22. The number of H-pyrrole nitrogens is 1. The lowest BCUT2D eigenvalue weighted by Gasteiger charge is -2.06. The van der Waals surface area contributed by atoms with Crippen molar-refractivity contribution in [1.82, 2.24) is 10.3 Å². The zero-order valence-electron chi connectivity index (χ0n) is 9.61. The zero-order chi connectivity index (χ0) is 12.0. The van der Waals surface area contributed by atoms with Gasteiger partial charge < -0.3 is 10.3 Å². The molecule has 0 aliphatic carbocycles. The SMILES string of the molecule is Cc1c(Cl)ccc2c(Br)c(C3CCNC3)[nH]c12. The van der Waals surface area contributed by atoms with Crippen molar-refractivity contribution in [3.63, 3.8) is 0 Å². The molecule has 1 aliphatic rings. The van der Waals surface area contributed by atoms with Crippen molar-refractivity contribution in [3.05, 3.63) is 32.9 Å². The molecule has 3 rings (SSSR count). The topological polar surface area (TPSA) is 27.8 Å². The molecule has 0 bridgehead atoms. The van der Waals surface area contributed by atoms with Crippen LogP contribution in [0.5, 0.6) is 0 Å². The van der Waals surface area contributed by atoms with E-state index in [1.807, 2.05) is 6.07 Å². The van der Waals surface area contributed by atoms with E-state index < -0.39 is 0 Å². The second kappa shape index (κ2) is 4.30. The van der Waals surface area contributed by atoms with Crippen LogP contribution >= 0.6 is 27.5 Å². The lowest BCUT2D eigenvalue weighted by atomic mass is 10.1. The fraction of sp³-hybridized carbons (Fsp3) is 0.385. The quantitative estimate of drug-likeness (QED) is 0.819.